The fourth-order valence-corrected chi connectivity index (χ4v) is 2.82. The van der Waals surface area contributed by atoms with Crippen molar-refractivity contribution in [2.75, 3.05) is 12.4 Å². The van der Waals surface area contributed by atoms with Crippen LogP contribution in [0.1, 0.15) is 10.4 Å². The summed E-state index contributed by atoms with van der Waals surface area (Å²) in [6, 6.07) is 14.8. The maximum Gasteiger partial charge on any atom is 0.342 e. The van der Waals surface area contributed by atoms with E-state index in [0.717, 1.165) is 4.47 Å². The lowest BCUT2D eigenvalue weighted by molar-refractivity contribution is 0.0694. The van der Waals surface area contributed by atoms with E-state index >= 15 is 0 Å². The van der Waals surface area contributed by atoms with Crippen molar-refractivity contribution >= 4 is 44.6 Å². The third kappa shape index (κ3) is 4.46. The van der Waals surface area contributed by atoms with Gasteiger partial charge in [-0.25, -0.2) is 4.79 Å². The number of hydrogen-bond acceptors (Lipinski definition) is 7. The number of carbonyl (C=O) groups is 1. The van der Waals surface area contributed by atoms with Crippen LogP contribution in [-0.4, -0.2) is 28.4 Å². The second-order valence-corrected chi connectivity index (χ2v) is 6.74. The van der Waals surface area contributed by atoms with Crippen LogP contribution in [-0.2, 0) is 0 Å². The maximum atomic E-state index is 11.7. The van der Waals surface area contributed by atoms with Crippen LogP contribution in [0.3, 0.4) is 0 Å². The molecule has 148 valence electrons. The summed E-state index contributed by atoms with van der Waals surface area (Å²) in [7, 11) is 1.48. The highest BCUT2D eigenvalue weighted by molar-refractivity contribution is 9.10. The number of nitrogens with one attached hydrogen (secondary N) is 1. The third-order valence-corrected chi connectivity index (χ3v) is 4.46. The summed E-state index contributed by atoms with van der Waals surface area (Å²) >= 11 is 3.30. The number of azo groups is 1. The molecule has 3 aromatic carbocycles. The number of rotatable bonds is 6. The zero-order valence-corrected chi connectivity index (χ0v) is 16.7. The van der Waals surface area contributed by atoms with E-state index in [2.05, 4.69) is 31.5 Å². The molecular weight excluding hydrogens is 442 g/mol. The van der Waals surface area contributed by atoms with Crippen molar-refractivity contribution in [1.82, 2.24) is 0 Å². The summed E-state index contributed by atoms with van der Waals surface area (Å²) in [6.07, 6.45) is 0. The molecule has 9 heteroatoms. The number of phenols is 2. The molecule has 8 nitrogen and oxygen atoms in total. The minimum atomic E-state index is -1.47. The number of aromatic hydroxyl groups is 2. The summed E-state index contributed by atoms with van der Waals surface area (Å²) in [4.78, 5) is 11.7. The van der Waals surface area contributed by atoms with Gasteiger partial charge in [-0.3, -0.25) is 0 Å². The van der Waals surface area contributed by atoms with Crippen molar-refractivity contribution < 1.29 is 24.9 Å². The van der Waals surface area contributed by atoms with E-state index in [4.69, 9.17) is 4.74 Å². The summed E-state index contributed by atoms with van der Waals surface area (Å²) < 4.78 is 6.07. The van der Waals surface area contributed by atoms with E-state index < -0.39 is 23.0 Å². The van der Waals surface area contributed by atoms with E-state index in [9.17, 15) is 20.1 Å². The van der Waals surface area contributed by atoms with Crippen molar-refractivity contribution in [3.05, 3.63) is 64.6 Å². The molecule has 0 bridgehead atoms. The summed E-state index contributed by atoms with van der Waals surface area (Å²) in [6.45, 7) is 0. The SMILES string of the molecule is COc1ccccc1Nc1cc(O)c(N=Nc2ccc(Br)cc2)c(C(=O)O)c1O. The van der Waals surface area contributed by atoms with Gasteiger partial charge in [0.05, 0.1) is 24.2 Å². The Kier molecular flexibility index (Phi) is 5.99. The zero-order valence-electron chi connectivity index (χ0n) is 15.1. The second-order valence-electron chi connectivity index (χ2n) is 5.82. The Bertz CT molecular complexity index is 1080. The largest absolute Gasteiger partial charge is 0.506 e. The lowest BCUT2D eigenvalue weighted by Gasteiger charge is -2.15. The highest BCUT2D eigenvalue weighted by Crippen LogP contribution is 2.44. The average Bonchev–Trinajstić information content (AvgIpc) is 2.70. The smallest absolute Gasteiger partial charge is 0.342 e. The van der Waals surface area contributed by atoms with Gasteiger partial charge >= 0.3 is 5.97 Å². The van der Waals surface area contributed by atoms with Gasteiger partial charge in [-0.15, -0.1) is 5.11 Å². The molecule has 0 aliphatic rings. The summed E-state index contributed by atoms with van der Waals surface area (Å²) in [5.41, 5.74) is -0.0383. The fourth-order valence-electron chi connectivity index (χ4n) is 2.56. The number of benzene rings is 3. The average molecular weight is 458 g/mol. The number of para-hydroxylation sites is 2. The van der Waals surface area contributed by atoms with Gasteiger partial charge in [0.2, 0.25) is 0 Å². The molecule has 0 saturated carbocycles. The number of carboxylic acid groups (broad SMARTS) is 1. The first-order valence-corrected chi connectivity index (χ1v) is 9.09. The van der Waals surface area contributed by atoms with Gasteiger partial charge in [-0.2, -0.15) is 5.11 Å². The van der Waals surface area contributed by atoms with E-state index in [0.29, 0.717) is 17.1 Å². The van der Waals surface area contributed by atoms with Gasteiger partial charge in [0, 0.05) is 10.5 Å². The molecule has 0 spiro atoms. The second kappa shape index (κ2) is 8.61. The van der Waals surface area contributed by atoms with Crippen LogP contribution in [0.5, 0.6) is 17.2 Å². The molecule has 0 radical (unpaired) electrons. The lowest BCUT2D eigenvalue weighted by Crippen LogP contribution is -2.01. The minimum Gasteiger partial charge on any atom is -0.506 e. The maximum absolute atomic E-state index is 11.7. The molecule has 0 saturated heterocycles. The number of nitrogens with zero attached hydrogens (tertiary/aromatic N) is 2. The van der Waals surface area contributed by atoms with Gasteiger partial charge in [0.25, 0.3) is 0 Å². The molecule has 0 heterocycles. The van der Waals surface area contributed by atoms with Crippen LogP contribution in [0.4, 0.5) is 22.7 Å². The molecule has 0 amide bonds. The normalized spacial score (nSPS) is 10.8. The van der Waals surface area contributed by atoms with Crippen LogP contribution in [0.15, 0.2) is 69.3 Å². The van der Waals surface area contributed by atoms with Crippen molar-refractivity contribution in [2.24, 2.45) is 10.2 Å². The van der Waals surface area contributed by atoms with Crippen LogP contribution in [0.2, 0.25) is 0 Å². The van der Waals surface area contributed by atoms with Gasteiger partial charge in [0.1, 0.15) is 22.7 Å². The van der Waals surface area contributed by atoms with Gasteiger partial charge in [-0.05, 0) is 36.4 Å². The Labute approximate surface area is 174 Å². The monoisotopic (exact) mass is 457 g/mol. The highest BCUT2D eigenvalue weighted by Gasteiger charge is 2.24. The molecule has 0 unspecified atom stereocenters. The van der Waals surface area contributed by atoms with E-state index in [1.54, 1.807) is 48.5 Å². The number of hydrogen-bond donors (Lipinski definition) is 4. The topological polar surface area (TPSA) is 124 Å². The van der Waals surface area contributed by atoms with Crippen molar-refractivity contribution in [1.29, 1.82) is 0 Å². The molecule has 4 N–H and O–H groups in total. The number of anilines is 2. The Morgan fingerprint density at radius 1 is 1.03 bits per heavy atom. The standard InChI is InChI=1S/C20H16BrN3O5/c1-29-16-5-3-2-4-13(16)22-14-10-15(25)18(17(19(14)26)20(27)28)24-23-12-8-6-11(21)7-9-12/h2-10,22,25-26H,1H3,(H,27,28). The Morgan fingerprint density at radius 3 is 2.38 bits per heavy atom. The predicted octanol–water partition coefficient (Wildman–Crippen LogP) is 5.73. The molecule has 0 fully saturated rings. The third-order valence-electron chi connectivity index (χ3n) is 3.93. The number of ether oxygens (including phenoxy) is 1. The number of carboxylic acids is 1. The van der Waals surface area contributed by atoms with Crippen molar-refractivity contribution in [3.63, 3.8) is 0 Å². The molecule has 3 aromatic rings. The minimum absolute atomic E-state index is 0.0213. The molecular formula is C20H16BrN3O5. The van der Waals surface area contributed by atoms with Crippen molar-refractivity contribution in [3.8, 4) is 17.2 Å². The first kappa shape index (κ1) is 20.2. The molecule has 0 atom stereocenters. The quantitative estimate of drug-likeness (QED) is 0.213. The van der Waals surface area contributed by atoms with Gasteiger partial charge in [0.15, 0.2) is 5.75 Å². The predicted molar refractivity (Wildman–Crippen MR) is 111 cm³/mol. The van der Waals surface area contributed by atoms with Crippen molar-refractivity contribution in [2.45, 2.75) is 0 Å². The Balaban J connectivity index is 2.04. The molecule has 29 heavy (non-hydrogen) atoms. The lowest BCUT2D eigenvalue weighted by atomic mass is 10.1. The summed E-state index contributed by atoms with van der Waals surface area (Å²) in [5.74, 6) is -2.04. The van der Waals surface area contributed by atoms with Crippen LogP contribution >= 0.6 is 15.9 Å². The van der Waals surface area contributed by atoms with E-state index in [-0.39, 0.29) is 11.4 Å². The highest BCUT2D eigenvalue weighted by atomic mass is 79.9. The summed E-state index contributed by atoms with van der Waals surface area (Å²) in [5, 5.41) is 41.1. The Morgan fingerprint density at radius 2 is 1.72 bits per heavy atom. The Hall–Kier alpha value is -3.59. The van der Waals surface area contributed by atoms with E-state index in [1.807, 2.05) is 0 Å². The number of methoxy groups -OCH3 is 1. The van der Waals surface area contributed by atoms with Crippen LogP contribution in [0, 0.1) is 0 Å². The van der Waals surface area contributed by atoms with Gasteiger partial charge in [-0.1, -0.05) is 28.1 Å². The molecule has 0 aromatic heterocycles. The van der Waals surface area contributed by atoms with Crippen LogP contribution < -0.4 is 10.1 Å². The molecule has 0 aliphatic heterocycles. The van der Waals surface area contributed by atoms with Gasteiger partial charge < -0.3 is 25.4 Å². The number of halogens is 1. The van der Waals surface area contributed by atoms with Crippen LogP contribution in [0.25, 0.3) is 0 Å². The van der Waals surface area contributed by atoms with E-state index in [1.165, 1.54) is 13.2 Å². The first-order chi connectivity index (χ1) is 13.9. The fraction of sp³-hybridized carbons (Fsp3) is 0.0500. The number of aromatic carboxylic acids is 1. The number of phenolic OH excluding ortho intramolecular Hbond substituents is 1. The zero-order chi connectivity index (χ0) is 21.0. The first-order valence-electron chi connectivity index (χ1n) is 8.30. The molecule has 0 aliphatic carbocycles. The molecule has 3 rings (SSSR count).